The average molecular weight is 319 g/mol. The molecule has 1 N–H and O–H groups in total. The molecule has 5 heteroatoms. The Kier molecular flexibility index (Phi) is 3.14. The van der Waals surface area contributed by atoms with Crippen molar-refractivity contribution < 1.29 is 0 Å². The maximum absolute atomic E-state index is 4.49. The molecule has 3 rings (SSSR count). The maximum Gasteiger partial charge on any atom is 0.251 e. The van der Waals surface area contributed by atoms with Crippen LogP contribution in [0.5, 0.6) is 0 Å². The number of aromatic amines is 1. The van der Waals surface area contributed by atoms with Gasteiger partial charge < -0.3 is 0 Å². The van der Waals surface area contributed by atoms with Crippen molar-refractivity contribution in [3.8, 4) is 0 Å². The standard InChI is InChI=1S/C14H15BrN4/c1-9-3-5-11(6-4-9)7-8-12-17-14-16-10(2)13(15)19(14)18-12/h3-6H,7-8H2,1-2H3,(H,16,17,18). The quantitative estimate of drug-likeness (QED) is 0.806. The zero-order chi connectivity index (χ0) is 13.4. The highest BCUT2D eigenvalue weighted by atomic mass is 79.9. The number of nitrogens with one attached hydrogen (secondary N) is 1. The molecule has 0 amide bonds. The summed E-state index contributed by atoms with van der Waals surface area (Å²) in [7, 11) is 0. The fraction of sp³-hybridized carbons (Fsp3) is 0.286. The van der Waals surface area contributed by atoms with Crippen LogP contribution < -0.4 is 0 Å². The van der Waals surface area contributed by atoms with E-state index >= 15 is 0 Å². The zero-order valence-corrected chi connectivity index (χ0v) is 12.5. The highest BCUT2D eigenvalue weighted by molar-refractivity contribution is 9.10. The second-order valence-electron chi connectivity index (χ2n) is 4.78. The number of H-pyrrole nitrogens is 1. The van der Waals surface area contributed by atoms with Crippen molar-refractivity contribution in [3.63, 3.8) is 0 Å². The van der Waals surface area contributed by atoms with E-state index in [1.54, 1.807) is 0 Å². The van der Waals surface area contributed by atoms with Crippen LogP contribution in [0.2, 0.25) is 0 Å². The van der Waals surface area contributed by atoms with Crippen LogP contribution in [0, 0.1) is 13.8 Å². The van der Waals surface area contributed by atoms with Gasteiger partial charge in [-0.05, 0) is 41.8 Å². The lowest BCUT2D eigenvalue weighted by molar-refractivity contribution is 0.829. The molecule has 0 aliphatic carbocycles. The molecule has 0 saturated heterocycles. The zero-order valence-electron chi connectivity index (χ0n) is 10.9. The number of aromatic nitrogens is 4. The van der Waals surface area contributed by atoms with Gasteiger partial charge in [0.2, 0.25) is 0 Å². The van der Waals surface area contributed by atoms with Crippen molar-refractivity contribution in [3.05, 3.63) is 51.5 Å². The fourth-order valence-electron chi connectivity index (χ4n) is 2.07. The maximum atomic E-state index is 4.49. The average Bonchev–Trinajstić information content (AvgIpc) is 2.90. The normalized spacial score (nSPS) is 11.3. The molecule has 0 unspecified atom stereocenters. The first-order valence-corrected chi connectivity index (χ1v) is 7.08. The highest BCUT2D eigenvalue weighted by Gasteiger charge is 2.10. The van der Waals surface area contributed by atoms with Gasteiger partial charge in [-0.15, -0.1) is 0 Å². The minimum Gasteiger partial charge on any atom is -0.277 e. The fourth-order valence-corrected chi connectivity index (χ4v) is 2.41. The molecule has 0 saturated carbocycles. The van der Waals surface area contributed by atoms with Crippen LogP contribution >= 0.6 is 15.9 Å². The van der Waals surface area contributed by atoms with Gasteiger partial charge in [0, 0.05) is 6.42 Å². The number of benzene rings is 1. The van der Waals surface area contributed by atoms with Crippen LogP contribution in [0.1, 0.15) is 22.6 Å². The predicted octanol–water partition coefficient (Wildman–Crippen LogP) is 3.22. The Labute approximate surface area is 120 Å². The van der Waals surface area contributed by atoms with Crippen LogP contribution in [-0.2, 0) is 12.8 Å². The third kappa shape index (κ3) is 2.42. The number of nitrogens with zero attached hydrogens (tertiary/aromatic N) is 3. The molecular weight excluding hydrogens is 304 g/mol. The lowest BCUT2D eigenvalue weighted by Gasteiger charge is -2.00. The predicted molar refractivity (Wildman–Crippen MR) is 78.4 cm³/mol. The summed E-state index contributed by atoms with van der Waals surface area (Å²) in [6.07, 6.45) is 1.87. The molecule has 19 heavy (non-hydrogen) atoms. The molecule has 0 radical (unpaired) electrons. The first-order valence-electron chi connectivity index (χ1n) is 6.28. The van der Waals surface area contributed by atoms with Crippen molar-refractivity contribution in [1.82, 2.24) is 19.6 Å². The number of hydrogen-bond acceptors (Lipinski definition) is 2. The van der Waals surface area contributed by atoms with Crippen LogP contribution in [0.25, 0.3) is 5.78 Å². The molecule has 0 atom stereocenters. The smallest absolute Gasteiger partial charge is 0.251 e. The third-order valence-electron chi connectivity index (χ3n) is 3.21. The number of fused-ring (bicyclic) bond motifs is 1. The van der Waals surface area contributed by atoms with Crippen LogP contribution in [-0.4, -0.2) is 19.6 Å². The molecule has 1 aromatic carbocycles. The van der Waals surface area contributed by atoms with E-state index in [-0.39, 0.29) is 0 Å². The molecule has 2 heterocycles. The Morgan fingerprint density at radius 3 is 2.53 bits per heavy atom. The number of rotatable bonds is 3. The first kappa shape index (κ1) is 12.4. The summed E-state index contributed by atoms with van der Waals surface area (Å²) in [5, 5.41) is 3.26. The molecule has 0 spiro atoms. The lowest BCUT2D eigenvalue weighted by Crippen LogP contribution is -1.95. The molecule has 0 fully saturated rings. The summed E-state index contributed by atoms with van der Waals surface area (Å²) < 4.78 is 2.82. The molecule has 98 valence electrons. The van der Waals surface area contributed by atoms with E-state index in [0.717, 1.165) is 34.7 Å². The summed E-state index contributed by atoms with van der Waals surface area (Å²) in [6.45, 7) is 4.06. The van der Waals surface area contributed by atoms with Crippen molar-refractivity contribution in [2.24, 2.45) is 0 Å². The summed E-state index contributed by atoms with van der Waals surface area (Å²) in [5.41, 5.74) is 3.57. The summed E-state index contributed by atoms with van der Waals surface area (Å²) in [5.74, 6) is 1.69. The topological polar surface area (TPSA) is 46.0 Å². The number of aryl methyl sites for hydroxylation is 4. The van der Waals surface area contributed by atoms with Crippen molar-refractivity contribution in [2.75, 3.05) is 0 Å². The van der Waals surface area contributed by atoms with Crippen molar-refractivity contribution in [2.45, 2.75) is 26.7 Å². The Morgan fingerprint density at radius 1 is 1.11 bits per heavy atom. The second kappa shape index (κ2) is 4.81. The molecular formula is C14H15BrN4. The lowest BCUT2D eigenvalue weighted by atomic mass is 10.1. The van der Waals surface area contributed by atoms with E-state index in [9.17, 15) is 0 Å². The molecule has 0 aliphatic rings. The van der Waals surface area contributed by atoms with Gasteiger partial charge in [0.15, 0.2) is 0 Å². The number of halogens is 1. The Morgan fingerprint density at radius 2 is 1.84 bits per heavy atom. The van der Waals surface area contributed by atoms with Crippen LogP contribution in [0.4, 0.5) is 0 Å². The first-order chi connectivity index (χ1) is 9.13. The van der Waals surface area contributed by atoms with E-state index in [0.29, 0.717) is 0 Å². The molecule has 4 nitrogen and oxygen atoms in total. The SMILES string of the molecule is Cc1ccc(CCc2nc3nc(C)c(Br)n3[nH]2)cc1. The van der Waals surface area contributed by atoms with Crippen LogP contribution in [0.3, 0.4) is 0 Å². The Balaban J connectivity index is 1.76. The molecule has 0 aliphatic heterocycles. The largest absolute Gasteiger partial charge is 0.277 e. The summed E-state index contributed by atoms with van der Waals surface area (Å²) in [6, 6.07) is 8.63. The molecule has 3 aromatic rings. The Bertz CT molecular complexity index is 709. The van der Waals surface area contributed by atoms with Gasteiger partial charge in [-0.2, -0.15) is 4.98 Å². The number of hydrogen-bond donors (Lipinski definition) is 1. The minimum absolute atomic E-state index is 0.725. The van der Waals surface area contributed by atoms with Crippen molar-refractivity contribution >= 4 is 21.7 Å². The van der Waals surface area contributed by atoms with E-state index < -0.39 is 0 Å². The van der Waals surface area contributed by atoms with E-state index in [4.69, 9.17) is 0 Å². The van der Waals surface area contributed by atoms with Gasteiger partial charge in [-0.25, -0.2) is 9.50 Å². The minimum atomic E-state index is 0.725. The molecule has 2 aromatic heterocycles. The summed E-state index contributed by atoms with van der Waals surface area (Å²) in [4.78, 5) is 8.87. The second-order valence-corrected chi connectivity index (χ2v) is 5.53. The van der Waals surface area contributed by atoms with E-state index in [1.807, 2.05) is 11.4 Å². The monoisotopic (exact) mass is 318 g/mol. The highest BCUT2D eigenvalue weighted by Crippen LogP contribution is 2.16. The third-order valence-corrected chi connectivity index (χ3v) is 4.14. The van der Waals surface area contributed by atoms with Gasteiger partial charge in [-0.3, -0.25) is 5.10 Å². The van der Waals surface area contributed by atoms with Gasteiger partial charge >= 0.3 is 0 Å². The van der Waals surface area contributed by atoms with Crippen molar-refractivity contribution in [1.29, 1.82) is 0 Å². The Hall–Kier alpha value is -1.62. The van der Waals surface area contributed by atoms with E-state index in [1.165, 1.54) is 11.1 Å². The van der Waals surface area contributed by atoms with Gasteiger partial charge in [0.05, 0.1) is 5.69 Å². The summed E-state index contributed by atoms with van der Waals surface area (Å²) >= 11 is 3.50. The van der Waals surface area contributed by atoms with Gasteiger partial charge in [0.1, 0.15) is 10.4 Å². The van der Waals surface area contributed by atoms with Gasteiger partial charge in [0.25, 0.3) is 5.78 Å². The van der Waals surface area contributed by atoms with Crippen LogP contribution in [0.15, 0.2) is 28.9 Å². The van der Waals surface area contributed by atoms with Gasteiger partial charge in [-0.1, -0.05) is 29.8 Å². The number of imidazole rings is 1. The van der Waals surface area contributed by atoms with E-state index in [2.05, 4.69) is 62.2 Å². The molecule has 0 bridgehead atoms.